The van der Waals surface area contributed by atoms with Crippen molar-refractivity contribution >= 4 is 73.0 Å². The lowest BCUT2D eigenvalue weighted by Crippen LogP contribution is -2.47. The molecule has 2 aliphatic rings. The fourth-order valence-corrected chi connectivity index (χ4v) is 10.2. The summed E-state index contributed by atoms with van der Waals surface area (Å²) >= 11 is 7.62. The van der Waals surface area contributed by atoms with Crippen LogP contribution in [0.15, 0.2) is 107 Å². The molecule has 1 atom stereocenters. The molecule has 0 saturated carbocycles. The van der Waals surface area contributed by atoms with Crippen molar-refractivity contribution in [2.24, 2.45) is 0 Å². The molecule has 63 heavy (non-hydrogen) atoms. The Morgan fingerprint density at radius 3 is 2.38 bits per heavy atom. The summed E-state index contributed by atoms with van der Waals surface area (Å²) in [5.41, 5.74) is 3.06. The predicted octanol–water partition coefficient (Wildman–Crippen LogP) is 9.56. The van der Waals surface area contributed by atoms with Crippen LogP contribution in [0.5, 0.6) is 0 Å². The Kier molecular flexibility index (Phi) is 14.9. The fourth-order valence-electron chi connectivity index (χ4n) is 8.04. The number of nitrogens with one attached hydrogen (secondary N) is 2. The topological polar surface area (TPSA) is 120 Å². The van der Waals surface area contributed by atoms with Gasteiger partial charge in [-0.05, 0) is 118 Å². The first-order valence-corrected chi connectivity index (χ1v) is 23.7. The van der Waals surface area contributed by atoms with Crippen LogP contribution in [0, 0.1) is 0 Å². The monoisotopic (exact) mass is 921 g/mol. The molecular weight excluding hydrogens is 871 g/mol. The molecule has 0 amide bonds. The number of thioether (sulfide) groups is 1. The number of fused-ring (bicyclic) bond motifs is 1. The molecule has 11 nitrogen and oxygen atoms in total. The number of hydrogen-bond donors (Lipinski definition) is 2. The van der Waals surface area contributed by atoms with Crippen LogP contribution < -0.4 is 14.9 Å². The minimum absolute atomic E-state index is 0.120. The number of benzene rings is 4. The molecule has 1 fully saturated rings. The molecule has 0 spiro atoms. The minimum Gasteiger partial charge on any atom is -0.465 e. The van der Waals surface area contributed by atoms with E-state index in [1.165, 1.54) is 47.6 Å². The summed E-state index contributed by atoms with van der Waals surface area (Å²) in [5, 5.41) is 4.04. The third-order valence-electron chi connectivity index (χ3n) is 11.4. The SMILES string of the molecule is COC(=O)c1cc(S(=O)(=O)Nc2ncnc3cc(N4CCN(CC5=C(c6ccc(Cl)cc6)CCCC5)CC4)ccc23)cc(C(F)(F)F)c1N[C@H](CCN(C)C)CSc1ccccc1. The van der Waals surface area contributed by atoms with E-state index in [4.69, 9.17) is 16.3 Å². The maximum atomic E-state index is 15.0. The summed E-state index contributed by atoms with van der Waals surface area (Å²) in [4.78, 5) is 28.6. The molecule has 7 rings (SSSR count). The molecule has 5 aromatic rings. The number of alkyl halides is 3. The van der Waals surface area contributed by atoms with E-state index >= 15 is 0 Å². The number of carbonyl (C=O) groups is 1. The summed E-state index contributed by atoms with van der Waals surface area (Å²) < 4.78 is 80.2. The van der Waals surface area contributed by atoms with Gasteiger partial charge < -0.3 is 19.9 Å². The molecule has 0 radical (unpaired) electrons. The lowest BCUT2D eigenvalue weighted by Gasteiger charge is -2.37. The number of aromatic nitrogens is 2. The van der Waals surface area contributed by atoms with Gasteiger partial charge in [0.2, 0.25) is 0 Å². The van der Waals surface area contributed by atoms with Gasteiger partial charge in [-0.2, -0.15) is 13.2 Å². The third-order valence-corrected chi connectivity index (χ3v) is 14.1. The molecule has 1 aliphatic heterocycles. The van der Waals surface area contributed by atoms with Gasteiger partial charge in [-0.3, -0.25) is 9.62 Å². The van der Waals surface area contributed by atoms with Gasteiger partial charge >= 0.3 is 12.1 Å². The Morgan fingerprint density at radius 1 is 0.952 bits per heavy atom. The normalized spacial score (nSPS) is 15.8. The number of halogens is 4. The zero-order chi connectivity index (χ0) is 44.7. The average Bonchev–Trinajstić information content (AvgIpc) is 3.27. The van der Waals surface area contributed by atoms with Crippen LogP contribution in [-0.2, 0) is 20.9 Å². The van der Waals surface area contributed by atoms with Crippen molar-refractivity contribution in [1.29, 1.82) is 0 Å². The fraction of sp³-hybridized carbons (Fsp3) is 0.370. The molecule has 2 heterocycles. The smallest absolute Gasteiger partial charge is 0.418 e. The van der Waals surface area contributed by atoms with E-state index in [1.807, 2.05) is 73.6 Å². The van der Waals surface area contributed by atoms with Gasteiger partial charge in [0.25, 0.3) is 10.0 Å². The lowest BCUT2D eigenvalue weighted by atomic mass is 9.87. The van der Waals surface area contributed by atoms with Gasteiger partial charge in [-0.1, -0.05) is 47.5 Å². The number of allylic oxidation sites excluding steroid dienone is 1. The van der Waals surface area contributed by atoms with Gasteiger partial charge in [0.05, 0.1) is 34.3 Å². The summed E-state index contributed by atoms with van der Waals surface area (Å²) in [6, 6.07) is 23.8. The Morgan fingerprint density at radius 2 is 1.68 bits per heavy atom. The Labute approximate surface area is 376 Å². The number of carbonyl (C=O) groups excluding carboxylic acids is 1. The quantitative estimate of drug-likeness (QED) is 0.0728. The number of sulfonamides is 1. The van der Waals surface area contributed by atoms with Crippen molar-refractivity contribution in [3.05, 3.63) is 119 Å². The molecule has 17 heteroatoms. The second-order valence-corrected chi connectivity index (χ2v) is 19.2. The molecule has 2 N–H and O–H groups in total. The molecule has 1 aromatic heterocycles. The summed E-state index contributed by atoms with van der Waals surface area (Å²) in [5.74, 6) is -0.886. The van der Waals surface area contributed by atoms with Crippen LogP contribution in [0.25, 0.3) is 16.5 Å². The maximum Gasteiger partial charge on any atom is 0.418 e. The minimum atomic E-state index is -5.05. The zero-order valence-corrected chi connectivity index (χ0v) is 37.8. The number of anilines is 3. The number of methoxy groups -OCH3 is 1. The highest BCUT2D eigenvalue weighted by Gasteiger charge is 2.39. The largest absolute Gasteiger partial charge is 0.465 e. The van der Waals surface area contributed by atoms with Gasteiger partial charge in [-0.25, -0.2) is 23.2 Å². The Hall–Kier alpha value is -4.87. The van der Waals surface area contributed by atoms with Crippen LogP contribution in [0.4, 0.5) is 30.4 Å². The first-order valence-electron chi connectivity index (χ1n) is 20.8. The van der Waals surface area contributed by atoms with Crippen molar-refractivity contribution in [3.8, 4) is 0 Å². The van der Waals surface area contributed by atoms with E-state index in [9.17, 15) is 26.4 Å². The van der Waals surface area contributed by atoms with Crippen molar-refractivity contribution in [2.75, 3.05) is 81.2 Å². The first-order chi connectivity index (χ1) is 30.2. The third kappa shape index (κ3) is 11.6. The van der Waals surface area contributed by atoms with Crippen LogP contribution in [0.1, 0.15) is 53.6 Å². The molecular formula is C46H51ClF3N7O4S2. The number of piperazine rings is 1. The Balaban J connectivity index is 1.10. The van der Waals surface area contributed by atoms with Crippen molar-refractivity contribution in [2.45, 2.75) is 54.1 Å². The molecule has 0 bridgehead atoms. The van der Waals surface area contributed by atoms with Gasteiger partial charge in [0.15, 0.2) is 5.82 Å². The highest BCUT2D eigenvalue weighted by Crippen LogP contribution is 2.41. The van der Waals surface area contributed by atoms with E-state index in [0.29, 0.717) is 35.7 Å². The zero-order valence-electron chi connectivity index (χ0n) is 35.4. The van der Waals surface area contributed by atoms with E-state index in [2.05, 4.69) is 41.9 Å². The molecule has 4 aromatic carbocycles. The number of ether oxygens (including phenoxy) is 1. The average molecular weight is 923 g/mol. The highest BCUT2D eigenvalue weighted by molar-refractivity contribution is 7.99. The highest BCUT2D eigenvalue weighted by atomic mass is 35.5. The predicted molar refractivity (Wildman–Crippen MR) is 246 cm³/mol. The van der Waals surface area contributed by atoms with Crippen molar-refractivity contribution < 1.29 is 31.1 Å². The second kappa shape index (κ2) is 20.3. The van der Waals surface area contributed by atoms with Gasteiger partial charge in [0.1, 0.15) is 6.33 Å². The number of esters is 1. The lowest BCUT2D eigenvalue weighted by molar-refractivity contribution is -0.137. The van der Waals surface area contributed by atoms with Crippen LogP contribution in [0.3, 0.4) is 0 Å². The maximum absolute atomic E-state index is 15.0. The van der Waals surface area contributed by atoms with Gasteiger partial charge in [-0.15, -0.1) is 11.8 Å². The van der Waals surface area contributed by atoms with E-state index in [0.717, 1.165) is 74.3 Å². The van der Waals surface area contributed by atoms with E-state index < -0.39 is 49.9 Å². The van der Waals surface area contributed by atoms with Gasteiger partial charge in [0, 0.05) is 65.5 Å². The second-order valence-electron chi connectivity index (χ2n) is 16.0. The number of rotatable bonds is 16. The van der Waals surface area contributed by atoms with E-state index in [1.54, 1.807) is 6.07 Å². The van der Waals surface area contributed by atoms with Crippen LogP contribution >= 0.6 is 23.4 Å². The molecule has 1 aliphatic carbocycles. The Bertz CT molecular complexity index is 2540. The van der Waals surface area contributed by atoms with E-state index in [-0.39, 0.29) is 5.82 Å². The number of hydrogen-bond acceptors (Lipinski definition) is 11. The van der Waals surface area contributed by atoms with Crippen LogP contribution in [0.2, 0.25) is 5.02 Å². The molecule has 334 valence electrons. The summed E-state index contributed by atoms with van der Waals surface area (Å²) in [6.07, 6.45) is 1.09. The summed E-state index contributed by atoms with van der Waals surface area (Å²) in [6.45, 7) is 4.71. The van der Waals surface area contributed by atoms with Crippen LogP contribution in [-0.4, -0.2) is 106 Å². The molecule has 1 saturated heterocycles. The summed E-state index contributed by atoms with van der Waals surface area (Å²) in [7, 11) is -0.0121. The first kappa shape index (κ1) is 46.1. The molecule has 0 unspecified atom stereocenters. The van der Waals surface area contributed by atoms with Crippen molar-refractivity contribution in [1.82, 2.24) is 19.8 Å². The number of nitrogens with zero attached hydrogens (tertiary/aromatic N) is 5. The standard InChI is InChI=1S/C46H51ClF3N7O4S2/c1-55(2)20-19-34(29-62-36-10-5-4-6-11-36)53-43-40(45(58)61-3)26-37(27-41(43)46(48,49)50)63(59,60)54-44-39-18-17-35(25-42(39)51-30-52-44)57-23-21-56(22-24-57)28-32-9-7-8-12-38(32)31-13-15-33(47)16-14-31/h4-6,10-11,13-18,25-27,30,34,53H,7-9,12,19-24,28-29H2,1-3H3,(H,51,52,54)/t34-/m1/s1. The van der Waals surface area contributed by atoms with Crippen molar-refractivity contribution in [3.63, 3.8) is 0 Å².